The molecule has 1 rings (SSSR count). The largest absolute Gasteiger partial charge is 0.490 e. The molecule has 7 nitrogen and oxygen atoms in total. The van der Waals surface area contributed by atoms with Gasteiger partial charge in [-0.3, -0.25) is 0 Å². The van der Waals surface area contributed by atoms with Crippen LogP contribution in [0.2, 0.25) is 5.15 Å². The smallest absolute Gasteiger partial charge is 0.316 e. The van der Waals surface area contributed by atoms with E-state index in [4.69, 9.17) is 16.3 Å². The predicted octanol–water partition coefficient (Wildman–Crippen LogP) is 0.822. The molecule has 1 aromatic heterocycles. The van der Waals surface area contributed by atoms with E-state index in [2.05, 4.69) is 20.6 Å². The van der Waals surface area contributed by atoms with Gasteiger partial charge in [-0.1, -0.05) is 11.6 Å². The Balaban J connectivity index is 2.45. The SMILES string of the molecule is COc1c(Cl)ncnc1NCCNC(=O)N(C)C. The number of amides is 2. The highest BCUT2D eigenvalue weighted by Gasteiger charge is 2.09. The van der Waals surface area contributed by atoms with Gasteiger partial charge in [0.25, 0.3) is 0 Å². The van der Waals surface area contributed by atoms with E-state index in [1.165, 1.54) is 18.3 Å². The van der Waals surface area contributed by atoms with Crippen molar-refractivity contribution in [3.8, 4) is 5.75 Å². The van der Waals surface area contributed by atoms with Crippen molar-refractivity contribution >= 4 is 23.4 Å². The van der Waals surface area contributed by atoms with E-state index in [1.54, 1.807) is 14.1 Å². The molecule has 0 aliphatic rings. The average Bonchev–Trinajstić information content (AvgIpc) is 2.34. The Hall–Kier alpha value is -1.76. The normalized spacial score (nSPS) is 9.78. The second kappa shape index (κ2) is 6.85. The van der Waals surface area contributed by atoms with E-state index in [0.717, 1.165) is 0 Å². The molecule has 0 atom stereocenters. The summed E-state index contributed by atoms with van der Waals surface area (Å²) in [4.78, 5) is 20.5. The fourth-order valence-electron chi connectivity index (χ4n) is 1.17. The van der Waals surface area contributed by atoms with Crippen LogP contribution in [0.5, 0.6) is 5.75 Å². The minimum atomic E-state index is -0.149. The van der Waals surface area contributed by atoms with Crippen LogP contribution in [0.1, 0.15) is 0 Å². The van der Waals surface area contributed by atoms with E-state index in [-0.39, 0.29) is 11.2 Å². The van der Waals surface area contributed by atoms with Crippen LogP contribution in [0.3, 0.4) is 0 Å². The van der Waals surface area contributed by atoms with Crippen LogP contribution >= 0.6 is 11.6 Å². The zero-order chi connectivity index (χ0) is 13.5. The number of ether oxygens (including phenoxy) is 1. The fraction of sp³-hybridized carbons (Fsp3) is 0.500. The Morgan fingerprint density at radius 3 is 2.78 bits per heavy atom. The van der Waals surface area contributed by atoms with Gasteiger partial charge in [0.1, 0.15) is 6.33 Å². The third kappa shape index (κ3) is 3.92. The Labute approximate surface area is 110 Å². The van der Waals surface area contributed by atoms with Crippen molar-refractivity contribution in [2.75, 3.05) is 39.6 Å². The lowest BCUT2D eigenvalue weighted by atomic mass is 10.5. The molecule has 1 aromatic rings. The summed E-state index contributed by atoms with van der Waals surface area (Å²) >= 11 is 5.84. The molecule has 0 aliphatic heterocycles. The van der Waals surface area contributed by atoms with Crippen molar-refractivity contribution < 1.29 is 9.53 Å². The second-order valence-corrected chi connectivity index (χ2v) is 3.96. The highest BCUT2D eigenvalue weighted by Crippen LogP contribution is 2.27. The zero-order valence-electron chi connectivity index (χ0n) is 10.5. The zero-order valence-corrected chi connectivity index (χ0v) is 11.3. The second-order valence-electron chi connectivity index (χ2n) is 3.60. The summed E-state index contributed by atoms with van der Waals surface area (Å²) in [6, 6.07) is -0.149. The van der Waals surface area contributed by atoms with E-state index in [9.17, 15) is 4.79 Å². The van der Waals surface area contributed by atoms with Gasteiger partial charge in [-0.25, -0.2) is 14.8 Å². The lowest BCUT2D eigenvalue weighted by Gasteiger charge is -2.13. The number of nitrogens with one attached hydrogen (secondary N) is 2. The Bertz CT molecular complexity index is 413. The quantitative estimate of drug-likeness (QED) is 0.613. The van der Waals surface area contributed by atoms with Gasteiger partial charge in [0, 0.05) is 27.2 Å². The van der Waals surface area contributed by atoms with Gasteiger partial charge in [-0.05, 0) is 0 Å². The number of hydrogen-bond donors (Lipinski definition) is 2. The number of aromatic nitrogens is 2. The fourth-order valence-corrected chi connectivity index (χ4v) is 1.38. The van der Waals surface area contributed by atoms with Crippen LogP contribution in [0.4, 0.5) is 10.6 Å². The van der Waals surface area contributed by atoms with Crippen molar-refractivity contribution in [2.45, 2.75) is 0 Å². The number of hydrogen-bond acceptors (Lipinski definition) is 5. The number of rotatable bonds is 5. The molecule has 0 bridgehead atoms. The Kier molecular flexibility index (Phi) is 5.44. The maximum Gasteiger partial charge on any atom is 0.316 e. The summed E-state index contributed by atoms with van der Waals surface area (Å²) < 4.78 is 5.08. The summed E-state index contributed by atoms with van der Waals surface area (Å²) in [5.74, 6) is 0.884. The molecular weight excluding hydrogens is 258 g/mol. The molecule has 2 N–H and O–H groups in total. The first-order valence-corrected chi connectivity index (χ1v) is 5.67. The van der Waals surface area contributed by atoms with Gasteiger partial charge in [0.15, 0.2) is 16.7 Å². The number of halogens is 1. The van der Waals surface area contributed by atoms with Crippen LogP contribution in [0.25, 0.3) is 0 Å². The highest BCUT2D eigenvalue weighted by atomic mass is 35.5. The van der Waals surface area contributed by atoms with E-state index >= 15 is 0 Å². The van der Waals surface area contributed by atoms with Crippen molar-refractivity contribution in [3.05, 3.63) is 11.5 Å². The van der Waals surface area contributed by atoms with Crippen LogP contribution in [0, 0.1) is 0 Å². The maximum absolute atomic E-state index is 11.2. The molecule has 18 heavy (non-hydrogen) atoms. The first kappa shape index (κ1) is 14.3. The summed E-state index contributed by atoms with van der Waals surface area (Å²) in [6.45, 7) is 0.963. The third-order valence-corrected chi connectivity index (χ3v) is 2.33. The van der Waals surface area contributed by atoms with Crippen molar-refractivity contribution in [1.82, 2.24) is 20.2 Å². The van der Waals surface area contributed by atoms with Crippen LogP contribution < -0.4 is 15.4 Å². The first-order chi connectivity index (χ1) is 8.56. The molecule has 1 heterocycles. The lowest BCUT2D eigenvalue weighted by molar-refractivity contribution is 0.218. The van der Waals surface area contributed by atoms with Gasteiger partial charge in [-0.2, -0.15) is 0 Å². The predicted molar refractivity (Wildman–Crippen MR) is 69.2 cm³/mol. The van der Waals surface area contributed by atoms with Crippen LogP contribution in [-0.2, 0) is 0 Å². The minimum absolute atomic E-state index is 0.149. The number of nitrogens with zero attached hydrogens (tertiary/aromatic N) is 3. The van der Waals surface area contributed by atoms with E-state index in [1.807, 2.05) is 0 Å². The lowest BCUT2D eigenvalue weighted by Crippen LogP contribution is -2.37. The molecule has 0 fully saturated rings. The standard InChI is InChI=1S/C10H16ClN5O2/c1-16(2)10(17)13-5-4-12-9-7(18-3)8(11)14-6-15-9/h6H,4-5H2,1-3H3,(H,13,17)(H,12,14,15). The van der Waals surface area contributed by atoms with Crippen molar-refractivity contribution in [3.63, 3.8) is 0 Å². The number of carbonyl (C=O) groups excluding carboxylic acids is 1. The molecule has 8 heteroatoms. The monoisotopic (exact) mass is 273 g/mol. The topological polar surface area (TPSA) is 79.4 Å². The molecule has 0 saturated carbocycles. The summed E-state index contributed by atoms with van der Waals surface area (Å²) in [5, 5.41) is 5.96. The third-order valence-electron chi connectivity index (χ3n) is 2.06. The summed E-state index contributed by atoms with van der Waals surface area (Å²) in [6.07, 6.45) is 1.34. The van der Waals surface area contributed by atoms with Crippen molar-refractivity contribution in [2.24, 2.45) is 0 Å². The highest BCUT2D eigenvalue weighted by molar-refractivity contribution is 6.31. The molecule has 0 spiro atoms. The number of carbonyl (C=O) groups is 1. The van der Waals surface area contributed by atoms with Crippen LogP contribution in [-0.4, -0.2) is 55.2 Å². The van der Waals surface area contributed by atoms with Gasteiger partial charge in [0.05, 0.1) is 7.11 Å². The summed E-state index contributed by atoms with van der Waals surface area (Å²) in [5.41, 5.74) is 0. The van der Waals surface area contributed by atoms with Gasteiger partial charge in [0.2, 0.25) is 0 Å². The van der Waals surface area contributed by atoms with Gasteiger partial charge < -0.3 is 20.3 Å². The number of methoxy groups -OCH3 is 1. The molecule has 0 radical (unpaired) electrons. The first-order valence-electron chi connectivity index (χ1n) is 5.29. The maximum atomic E-state index is 11.2. The minimum Gasteiger partial charge on any atom is -0.490 e. The summed E-state index contributed by atoms with van der Waals surface area (Å²) in [7, 11) is 4.84. The van der Waals surface area contributed by atoms with E-state index < -0.39 is 0 Å². The molecule has 0 aliphatic carbocycles. The molecule has 0 aromatic carbocycles. The van der Waals surface area contributed by atoms with Crippen LogP contribution in [0.15, 0.2) is 6.33 Å². The Morgan fingerprint density at radius 2 is 2.17 bits per heavy atom. The molecule has 2 amide bonds. The van der Waals surface area contributed by atoms with E-state index in [0.29, 0.717) is 24.7 Å². The molecule has 100 valence electrons. The molecule has 0 saturated heterocycles. The molecular formula is C10H16ClN5O2. The van der Waals surface area contributed by atoms with Crippen molar-refractivity contribution in [1.29, 1.82) is 0 Å². The van der Waals surface area contributed by atoms with Gasteiger partial charge >= 0.3 is 6.03 Å². The number of anilines is 1. The number of urea groups is 1. The van der Waals surface area contributed by atoms with Gasteiger partial charge in [-0.15, -0.1) is 0 Å². The Morgan fingerprint density at radius 1 is 1.44 bits per heavy atom. The average molecular weight is 274 g/mol. The molecule has 0 unspecified atom stereocenters.